The number of likely N-dealkylation sites (tertiary alicyclic amines) is 1. The predicted molar refractivity (Wildman–Crippen MR) is 130 cm³/mol. The Bertz CT molecular complexity index is 1140. The zero-order chi connectivity index (χ0) is 27.5. The Balaban J connectivity index is 1.21. The van der Waals surface area contributed by atoms with Gasteiger partial charge in [-0.3, -0.25) is 4.79 Å². The van der Waals surface area contributed by atoms with E-state index in [1.54, 1.807) is 0 Å². The molecular weight excluding hydrogens is 518 g/mol. The van der Waals surface area contributed by atoms with E-state index in [4.69, 9.17) is 4.74 Å². The highest BCUT2D eigenvalue weighted by Gasteiger charge is 2.51. The average Bonchev–Trinajstić information content (AvgIpc) is 3.31. The van der Waals surface area contributed by atoms with Crippen LogP contribution in [0.3, 0.4) is 0 Å². The standard InChI is InChI=1S/C29H33F4NO5/c30-22-11-24(38-15-28-12-16-7-17(13-28)9-18(8-16)14-28)20(19-3-1-4-19)10-21(22)25(35)34-6-2-5-23(34)26(36)39-27(37)29(31,32)33/h10-11,16-19,23H,1-9,12-15H2/t16?,17?,18?,23-,28?/m0/s1. The minimum atomic E-state index is -5.33. The molecule has 10 heteroatoms. The molecule has 1 aromatic rings. The summed E-state index contributed by atoms with van der Waals surface area (Å²) < 4.78 is 63.5. The van der Waals surface area contributed by atoms with E-state index < -0.39 is 35.9 Å². The molecule has 5 saturated carbocycles. The number of halogens is 4. The Morgan fingerprint density at radius 3 is 2.15 bits per heavy atom. The number of benzene rings is 1. The monoisotopic (exact) mass is 551 g/mol. The average molecular weight is 552 g/mol. The minimum Gasteiger partial charge on any atom is -0.493 e. The van der Waals surface area contributed by atoms with Gasteiger partial charge in [0.15, 0.2) is 0 Å². The summed E-state index contributed by atoms with van der Waals surface area (Å²) in [5, 5.41) is 0. The van der Waals surface area contributed by atoms with Gasteiger partial charge in [-0.2, -0.15) is 13.2 Å². The SMILES string of the molecule is O=C(OC(=O)C(F)(F)F)[C@@H]1CCCN1C(=O)c1cc(C2CCC2)c(OCC23CC4CC(CC(C4)C2)C3)cc1F. The highest BCUT2D eigenvalue weighted by Crippen LogP contribution is 2.60. The normalized spacial score (nSPS) is 31.7. The van der Waals surface area contributed by atoms with Gasteiger partial charge in [0.2, 0.25) is 0 Å². The first-order valence-electron chi connectivity index (χ1n) is 14.1. The lowest BCUT2D eigenvalue weighted by Gasteiger charge is -2.56. The summed E-state index contributed by atoms with van der Waals surface area (Å²) in [5.41, 5.74) is 0.648. The van der Waals surface area contributed by atoms with Crippen molar-refractivity contribution in [3.8, 4) is 5.75 Å². The van der Waals surface area contributed by atoms with Crippen molar-refractivity contribution in [2.45, 2.75) is 88.8 Å². The van der Waals surface area contributed by atoms with Crippen LogP contribution in [0, 0.1) is 29.0 Å². The van der Waals surface area contributed by atoms with E-state index in [1.165, 1.54) is 31.4 Å². The second-order valence-corrected chi connectivity index (χ2v) is 12.6. The number of carbonyl (C=O) groups excluding carboxylic acids is 3. The Hall–Kier alpha value is -2.65. The molecular formula is C29H33F4NO5. The molecule has 212 valence electrons. The Morgan fingerprint density at radius 1 is 0.949 bits per heavy atom. The number of carbonyl (C=O) groups is 3. The van der Waals surface area contributed by atoms with Crippen LogP contribution >= 0.6 is 0 Å². The molecule has 6 fully saturated rings. The van der Waals surface area contributed by atoms with Crippen LogP contribution in [0.1, 0.15) is 92.5 Å². The number of nitrogens with zero attached hydrogens (tertiary/aromatic N) is 1. The van der Waals surface area contributed by atoms with Crippen LogP contribution in [0.15, 0.2) is 12.1 Å². The lowest BCUT2D eigenvalue weighted by Crippen LogP contribution is -2.48. The van der Waals surface area contributed by atoms with E-state index in [9.17, 15) is 27.6 Å². The van der Waals surface area contributed by atoms with Crippen LogP contribution < -0.4 is 4.74 Å². The first-order valence-corrected chi connectivity index (χ1v) is 14.1. The minimum absolute atomic E-state index is 0.0269. The maximum absolute atomic E-state index is 15.5. The third-order valence-electron chi connectivity index (χ3n) is 9.78. The van der Waals surface area contributed by atoms with E-state index >= 15 is 4.39 Å². The van der Waals surface area contributed by atoms with Crippen molar-refractivity contribution in [1.29, 1.82) is 0 Å². The molecule has 1 atom stereocenters. The Labute approximate surface area is 224 Å². The van der Waals surface area contributed by atoms with E-state index in [0.717, 1.165) is 66.7 Å². The van der Waals surface area contributed by atoms with Crippen molar-refractivity contribution in [3.05, 3.63) is 29.1 Å². The summed E-state index contributed by atoms with van der Waals surface area (Å²) >= 11 is 0. The van der Waals surface area contributed by atoms with Crippen molar-refractivity contribution in [1.82, 2.24) is 4.90 Å². The topological polar surface area (TPSA) is 72.9 Å². The molecule has 0 N–H and O–H groups in total. The van der Waals surface area contributed by atoms with Gasteiger partial charge in [0.05, 0.1) is 12.2 Å². The number of esters is 2. The molecule has 1 amide bonds. The molecule has 1 heterocycles. The fraction of sp³-hybridized carbons (Fsp3) is 0.690. The molecule has 1 aliphatic heterocycles. The summed E-state index contributed by atoms with van der Waals surface area (Å²) in [6, 6.07) is 1.37. The number of hydrogen-bond donors (Lipinski definition) is 0. The van der Waals surface area contributed by atoms with Crippen LogP contribution in [0.4, 0.5) is 17.6 Å². The number of amides is 1. The molecule has 7 rings (SSSR count). The van der Waals surface area contributed by atoms with Gasteiger partial charge >= 0.3 is 18.1 Å². The van der Waals surface area contributed by atoms with Gasteiger partial charge in [0.1, 0.15) is 17.6 Å². The summed E-state index contributed by atoms with van der Waals surface area (Å²) in [6.45, 7) is 0.581. The molecule has 6 nitrogen and oxygen atoms in total. The highest BCUT2D eigenvalue weighted by molar-refractivity contribution is 5.99. The molecule has 1 aromatic carbocycles. The molecule has 1 saturated heterocycles. The molecule has 0 spiro atoms. The first kappa shape index (κ1) is 26.6. The van der Waals surface area contributed by atoms with Crippen molar-refractivity contribution < 1.29 is 41.4 Å². The third-order valence-corrected chi connectivity index (χ3v) is 9.78. The van der Waals surface area contributed by atoms with Gasteiger partial charge in [0, 0.05) is 18.0 Å². The van der Waals surface area contributed by atoms with Crippen LogP contribution in [0.2, 0.25) is 0 Å². The summed E-state index contributed by atoms with van der Waals surface area (Å²) in [6.07, 6.45) is 5.21. The van der Waals surface area contributed by atoms with E-state index in [1.807, 2.05) is 0 Å². The lowest BCUT2D eigenvalue weighted by molar-refractivity contribution is -0.203. The van der Waals surface area contributed by atoms with Crippen LogP contribution in [-0.4, -0.2) is 48.1 Å². The molecule has 6 aliphatic rings. The third kappa shape index (κ3) is 5.04. The molecule has 0 radical (unpaired) electrons. The van der Waals surface area contributed by atoms with Crippen LogP contribution in [0.5, 0.6) is 5.75 Å². The summed E-state index contributed by atoms with van der Waals surface area (Å²) in [4.78, 5) is 37.8. The quantitative estimate of drug-likeness (QED) is 0.249. The van der Waals surface area contributed by atoms with Gasteiger partial charge < -0.3 is 14.4 Å². The van der Waals surface area contributed by atoms with E-state index in [-0.39, 0.29) is 29.9 Å². The van der Waals surface area contributed by atoms with E-state index in [0.29, 0.717) is 18.8 Å². The zero-order valence-electron chi connectivity index (χ0n) is 21.7. The fourth-order valence-corrected chi connectivity index (χ4v) is 8.22. The van der Waals surface area contributed by atoms with Gasteiger partial charge in [-0.05, 0) is 99.5 Å². The second-order valence-electron chi connectivity index (χ2n) is 12.6. The molecule has 0 unspecified atom stereocenters. The Kier molecular flexibility index (Phi) is 6.65. The summed E-state index contributed by atoms with van der Waals surface area (Å²) in [7, 11) is 0. The van der Waals surface area contributed by atoms with Gasteiger partial charge in [-0.1, -0.05) is 6.42 Å². The number of ether oxygens (including phenoxy) is 2. The van der Waals surface area contributed by atoms with Crippen molar-refractivity contribution >= 4 is 17.8 Å². The number of hydrogen-bond acceptors (Lipinski definition) is 5. The van der Waals surface area contributed by atoms with Crippen molar-refractivity contribution in [2.75, 3.05) is 13.2 Å². The fourth-order valence-electron chi connectivity index (χ4n) is 8.22. The van der Waals surface area contributed by atoms with Gasteiger partial charge in [-0.15, -0.1) is 0 Å². The smallest absolute Gasteiger partial charge is 0.491 e. The Morgan fingerprint density at radius 2 is 1.59 bits per heavy atom. The van der Waals surface area contributed by atoms with Gasteiger partial charge in [-0.25, -0.2) is 14.0 Å². The van der Waals surface area contributed by atoms with Crippen LogP contribution in [0.25, 0.3) is 0 Å². The van der Waals surface area contributed by atoms with E-state index in [2.05, 4.69) is 4.74 Å². The molecule has 39 heavy (non-hydrogen) atoms. The number of rotatable bonds is 6. The van der Waals surface area contributed by atoms with Crippen molar-refractivity contribution in [3.63, 3.8) is 0 Å². The molecule has 0 aromatic heterocycles. The predicted octanol–water partition coefficient (Wildman–Crippen LogP) is 5.93. The van der Waals surface area contributed by atoms with Crippen LogP contribution in [-0.2, 0) is 14.3 Å². The zero-order valence-corrected chi connectivity index (χ0v) is 21.7. The largest absolute Gasteiger partial charge is 0.493 e. The van der Waals surface area contributed by atoms with Crippen molar-refractivity contribution in [2.24, 2.45) is 23.2 Å². The summed E-state index contributed by atoms with van der Waals surface area (Å²) in [5.74, 6) is -2.83. The van der Waals surface area contributed by atoms with Gasteiger partial charge in [0.25, 0.3) is 5.91 Å². The lowest BCUT2D eigenvalue weighted by atomic mass is 9.50. The molecule has 5 aliphatic carbocycles. The highest BCUT2D eigenvalue weighted by atomic mass is 19.4. The molecule has 4 bridgehead atoms. The number of alkyl halides is 3. The maximum Gasteiger partial charge on any atom is 0.491 e. The second kappa shape index (κ2) is 9.77. The first-order chi connectivity index (χ1) is 18.5. The maximum atomic E-state index is 15.5.